The Morgan fingerprint density at radius 2 is 1.75 bits per heavy atom. The van der Waals surface area contributed by atoms with Crippen molar-refractivity contribution in [3.63, 3.8) is 0 Å². The van der Waals surface area contributed by atoms with E-state index in [1.54, 1.807) is 28.6 Å². The minimum absolute atomic E-state index is 0.00626. The number of hydrazine groups is 2. The molecule has 2 aromatic heterocycles. The van der Waals surface area contributed by atoms with Gasteiger partial charge in [0.25, 0.3) is 11.2 Å². The summed E-state index contributed by atoms with van der Waals surface area (Å²) in [6, 6.07) is 7.59. The molecule has 0 spiro atoms. The zero-order valence-electron chi connectivity index (χ0n) is 18.8. The van der Waals surface area contributed by atoms with Gasteiger partial charge in [0.1, 0.15) is 0 Å². The van der Waals surface area contributed by atoms with Gasteiger partial charge >= 0.3 is 0 Å². The summed E-state index contributed by atoms with van der Waals surface area (Å²) in [5.74, 6) is 1.48. The van der Waals surface area contributed by atoms with Crippen LogP contribution in [0, 0.1) is 0 Å². The first kappa shape index (κ1) is 25.7. The molecule has 0 radical (unpaired) electrons. The molecule has 36 heavy (non-hydrogen) atoms. The highest BCUT2D eigenvalue weighted by Gasteiger charge is 2.22. The molecule has 3 heterocycles. The number of thiazole rings is 2. The number of aliphatic imine (C=N–C) groups is 2. The number of hydrogen-bond donors (Lipinski definition) is 6. The van der Waals surface area contributed by atoms with E-state index in [0.29, 0.717) is 16.8 Å². The van der Waals surface area contributed by atoms with Crippen LogP contribution in [0.4, 0.5) is 16.0 Å². The van der Waals surface area contributed by atoms with Crippen LogP contribution >= 0.6 is 34.4 Å². The molecule has 1 aliphatic heterocycles. The third-order valence-electron chi connectivity index (χ3n) is 4.32. The van der Waals surface area contributed by atoms with Crippen LogP contribution in [-0.2, 0) is 16.9 Å². The molecule has 10 N–H and O–H groups in total. The summed E-state index contributed by atoms with van der Waals surface area (Å²) in [6.07, 6.45) is 3.41. The molecule has 17 heteroatoms. The van der Waals surface area contributed by atoms with Crippen molar-refractivity contribution in [3.8, 4) is 11.3 Å². The van der Waals surface area contributed by atoms with E-state index in [1.165, 1.54) is 27.1 Å². The number of thioether (sulfide) groups is 1. The van der Waals surface area contributed by atoms with Crippen LogP contribution in [0.25, 0.3) is 11.3 Å². The van der Waals surface area contributed by atoms with Crippen molar-refractivity contribution in [2.24, 2.45) is 32.9 Å². The minimum atomic E-state index is -1.48. The highest BCUT2D eigenvalue weighted by atomic mass is 32.2. The fourth-order valence-electron chi connectivity index (χ4n) is 2.87. The summed E-state index contributed by atoms with van der Waals surface area (Å²) in [5.41, 5.74) is 31.1. The van der Waals surface area contributed by atoms with Crippen LogP contribution in [-0.4, -0.2) is 47.2 Å². The normalized spacial score (nSPS) is 14.7. The Hall–Kier alpha value is -3.38. The van der Waals surface area contributed by atoms with Crippen molar-refractivity contribution >= 4 is 73.5 Å². The van der Waals surface area contributed by atoms with Gasteiger partial charge in [-0.1, -0.05) is 12.1 Å². The number of nitrogens with one attached hydrogen (secondary N) is 2. The molecule has 0 saturated carbocycles. The first-order chi connectivity index (χ1) is 17.4. The van der Waals surface area contributed by atoms with E-state index in [-0.39, 0.29) is 11.9 Å². The molecule has 0 fully saturated rings. The van der Waals surface area contributed by atoms with Crippen LogP contribution in [0.1, 0.15) is 5.69 Å². The lowest BCUT2D eigenvalue weighted by molar-refractivity contribution is 0.444. The Bertz CT molecular complexity index is 1290. The van der Waals surface area contributed by atoms with Gasteiger partial charge in [0.05, 0.1) is 29.5 Å². The molecule has 13 nitrogen and oxygen atoms in total. The van der Waals surface area contributed by atoms with Gasteiger partial charge in [0.15, 0.2) is 11.9 Å². The smallest absolute Gasteiger partial charge is 0.258 e. The predicted molar refractivity (Wildman–Crippen MR) is 149 cm³/mol. The SMILES string of the molecule is NC(N)=Nc1nc(CSCCNN2C=CN(Nc3cccc(-c4csc(N=C(N)N)n4)c3)S2=O)cs1. The number of rotatable bonds is 11. The van der Waals surface area contributed by atoms with Crippen LogP contribution in [0.2, 0.25) is 0 Å². The van der Waals surface area contributed by atoms with Crippen molar-refractivity contribution in [1.29, 1.82) is 0 Å². The topological polar surface area (TPSA) is 202 Å². The van der Waals surface area contributed by atoms with Gasteiger partial charge in [-0.3, -0.25) is 5.43 Å². The molecular weight excluding hydrogens is 541 g/mol. The second-order valence-corrected chi connectivity index (χ2v) is 11.1. The molecule has 0 amide bonds. The summed E-state index contributed by atoms with van der Waals surface area (Å²) >= 11 is 2.95. The van der Waals surface area contributed by atoms with Crippen LogP contribution < -0.4 is 33.8 Å². The number of aromatic nitrogens is 2. The van der Waals surface area contributed by atoms with E-state index in [9.17, 15) is 4.21 Å². The Kier molecular flexibility index (Phi) is 8.60. The zero-order valence-corrected chi connectivity index (χ0v) is 22.0. The highest BCUT2D eigenvalue weighted by molar-refractivity contribution is 7.98. The van der Waals surface area contributed by atoms with E-state index >= 15 is 0 Å². The lowest BCUT2D eigenvalue weighted by atomic mass is 10.1. The Balaban J connectivity index is 1.23. The van der Waals surface area contributed by atoms with Crippen LogP contribution in [0.5, 0.6) is 0 Å². The fraction of sp³-hybridized carbons (Fsp3) is 0.158. The second-order valence-electron chi connectivity index (χ2n) is 7.04. The number of hydrogen-bond acceptors (Lipinski definition) is 10. The van der Waals surface area contributed by atoms with E-state index < -0.39 is 11.2 Å². The quantitative estimate of drug-likeness (QED) is 0.113. The fourth-order valence-corrected chi connectivity index (χ4v) is 6.02. The number of benzene rings is 1. The number of anilines is 1. The van der Waals surface area contributed by atoms with Gasteiger partial charge < -0.3 is 22.9 Å². The van der Waals surface area contributed by atoms with E-state index in [4.69, 9.17) is 22.9 Å². The highest BCUT2D eigenvalue weighted by Crippen LogP contribution is 2.28. The number of nitrogens with two attached hydrogens (primary N) is 4. The van der Waals surface area contributed by atoms with Gasteiger partial charge in [0.2, 0.25) is 10.3 Å². The largest absolute Gasteiger partial charge is 0.370 e. The molecule has 1 atom stereocenters. The van der Waals surface area contributed by atoms with Crippen molar-refractivity contribution in [2.45, 2.75) is 5.75 Å². The van der Waals surface area contributed by atoms with Crippen LogP contribution in [0.15, 0.2) is 57.4 Å². The van der Waals surface area contributed by atoms with E-state index in [0.717, 1.165) is 34.1 Å². The molecule has 3 aromatic rings. The van der Waals surface area contributed by atoms with Crippen LogP contribution in [0.3, 0.4) is 0 Å². The van der Waals surface area contributed by atoms with Gasteiger partial charge in [-0.15, -0.1) is 22.7 Å². The molecule has 0 bridgehead atoms. The zero-order chi connectivity index (χ0) is 25.5. The second kappa shape index (κ2) is 12.0. The molecule has 1 aliphatic rings. The van der Waals surface area contributed by atoms with Gasteiger partial charge in [-0.25, -0.2) is 24.0 Å². The first-order valence-electron chi connectivity index (χ1n) is 10.3. The molecule has 0 saturated heterocycles. The average molecular weight is 565 g/mol. The van der Waals surface area contributed by atoms with Crippen molar-refractivity contribution in [1.82, 2.24) is 24.2 Å². The average Bonchev–Trinajstić information content (AvgIpc) is 3.55. The van der Waals surface area contributed by atoms with Crippen molar-refractivity contribution in [3.05, 3.63) is 53.1 Å². The molecule has 1 aromatic carbocycles. The monoisotopic (exact) mass is 564 g/mol. The third kappa shape index (κ3) is 7.08. The Morgan fingerprint density at radius 3 is 2.53 bits per heavy atom. The summed E-state index contributed by atoms with van der Waals surface area (Å²) in [6.45, 7) is 0.622. The van der Waals surface area contributed by atoms with Crippen molar-refractivity contribution in [2.75, 3.05) is 17.7 Å². The van der Waals surface area contributed by atoms with Gasteiger partial charge in [-0.05, 0) is 12.1 Å². The molecule has 190 valence electrons. The van der Waals surface area contributed by atoms with E-state index in [2.05, 4.69) is 30.8 Å². The minimum Gasteiger partial charge on any atom is -0.370 e. The summed E-state index contributed by atoms with van der Waals surface area (Å²) < 4.78 is 15.9. The maximum absolute atomic E-state index is 12.8. The maximum atomic E-state index is 12.8. The maximum Gasteiger partial charge on any atom is 0.258 e. The Morgan fingerprint density at radius 1 is 1.03 bits per heavy atom. The predicted octanol–water partition coefficient (Wildman–Crippen LogP) is 1.51. The van der Waals surface area contributed by atoms with Crippen molar-refractivity contribution < 1.29 is 4.21 Å². The van der Waals surface area contributed by atoms with Gasteiger partial charge in [-0.2, -0.15) is 26.2 Å². The lowest BCUT2D eigenvalue weighted by Gasteiger charge is -2.21. The van der Waals surface area contributed by atoms with E-state index in [1.807, 2.05) is 35.0 Å². The number of nitrogens with zero attached hydrogens (tertiary/aromatic N) is 6. The summed E-state index contributed by atoms with van der Waals surface area (Å²) in [5, 5.41) is 4.82. The van der Waals surface area contributed by atoms with Gasteiger partial charge in [0, 0.05) is 34.4 Å². The standard InChI is InChI=1S/C19H24N12OS4/c20-16(21)27-18-25-14(10-34-18)9-33-7-4-24-30-5-6-31(36(30)32)29-13-3-1-2-12(8-13)15-11-35-19(26-15)28-17(22)23/h1-3,5-6,8,10-11,24,29H,4,7,9H2,(H4,20,21,25,27)(H4,22,23,26,28). The number of guanidine groups is 2. The molecular formula is C19H24N12OS4. The first-order valence-corrected chi connectivity index (χ1v) is 14.3. The lowest BCUT2D eigenvalue weighted by Crippen LogP contribution is -2.39. The summed E-state index contributed by atoms with van der Waals surface area (Å²) in [7, 11) is 0. The third-order valence-corrected chi connectivity index (χ3v) is 7.96. The molecule has 4 rings (SSSR count). The summed E-state index contributed by atoms with van der Waals surface area (Å²) in [4.78, 5) is 16.7. The Labute approximate surface area is 222 Å². The molecule has 0 aliphatic carbocycles. The molecule has 1 unspecified atom stereocenters.